The molecule has 146 valence electrons. The lowest BCUT2D eigenvalue weighted by atomic mass is 10.1. The maximum Gasteiger partial charge on any atom is 0.293 e. The number of carbonyl (C=O) groups excluding carboxylic acids is 1. The predicted molar refractivity (Wildman–Crippen MR) is 115 cm³/mol. The number of thiocarbonyl (C=S) groups is 1. The number of nitro benzene ring substituents is 1. The standard InChI is InChI=1S/C18H16Cl2N4O3S/c19-12-4-5-13(20)14(10-12)21-18(28)22-17(25)11-3-6-15(16(9-11)24(26)27)23-7-1-2-8-23/h3-6,9-10H,1-2,7-8H2,(H2,21,22,25,28). The SMILES string of the molecule is O=C(NC(=S)Nc1cc(Cl)ccc1Cl)c1ccc(N2CCCC2)c([N+](=O)[O-])c1. The van der Waals surface area contributed by atoms with Crippen molar-refractivity contribution >= 4 is 63.5 Å². The molecule has 0 unspecified atom stereocenters. The number of nitrogens with one attached hydrogen (secondary N) is 2. The van der Waals surface area contributed by atoms with Crippen LogP contribution in [-0.4, -0.2) is 29.0 Å². The number of rotatable bonds is 4. The number of amides is 1. The van der Waals surface area contributed by atoms with E-state index in [1.165, 1.54) is 6.07 Å². The van der Waals surface area contributed by atoms with Crippen LogP contribution in [0.2, 0.25) is 10.0 Å². The van der Waals surface area contributed by atoms with Crippen molar-refractivity contribution < 1.29 is 9.72 Å². The summed E-state index contributed by atoms with van der Waals surface area (Å²) in [6.45, 7) is 1.53. The average molecular weight is 439 g/mol. The Labute approximate surface area is 176 Å². The Balaban J connectivity index is 1.74. The third kappa shape index (κ3) is 4.70. The molecule has 1 fully saturated rings. The second-order valence-corrected chi connectivity index (χ2v) is 7.44. The van der Waals surface area contributed by atoms with Crippen LogP contribution in [0.4, 0.5) is 17.1 Å². The molecule has 2 aromatic carbocycles. The van der Waals surface area contributed by atoms with Gasteiger partial charge in [-0.25, -0.2) is 0 Å². The lowest BCUT2D eigenvalue weighted by Crippen LogP contribution is -2.34. The molecular formula is C18H16Cl2N4O3S. The first kappa shape index (κ1) is 20.3. The number of nitro groups is 1. The third-order valence-corrected chi connectivity index (χ3v) is 5.05. The minimum Gasteiger partial charge on any atom is -0.366 e. The van der Waals surface area contributed by atoms with Gasteiger partial charge in [0.05, 0.1) is 15.6 Å². The van der Waals surface area contributed by atoms with Crippen LogP contribution in [0.25, 0.3) is 0 Å². The summed E-state index contributed by atoms with van der Waals surface area (Å²) in [5.41, 5.74) is 0.989. The summed E-state index contributed by atoms with van der Waals surface area (Å²) in [5.74, 6) is -0.563. The van der Waals surface area contributed by atoms with Gasteiger partial charge in [-0.2, -0.15) is 0 Å². The molecule has 0 atom stereocenters. The van der Waals surface area contributed by atoms with E-state index in [4.69, 9.17) is 35.4 Å². The van der Waals surface area contributed by atoms with Crippen molar-refractivity contribution in [3.63, 3.8) is 0 Å². The molecule has 1 heterocycles. The zero-order chi connectivity index (χ0) is 20.3. The number of hydrogen-bond acceptors (Lipinski definition) is 5. The molecule has 1 aliphatic rings. The van der Waals surface area contributed by atoms with Crippen LogP contribution in [0, 0.1) is 10.1 Å². The summed E-state index contributed by atoms with van der Waals surface area (Å²) in [7, 11) is 0. The largest absolute Gasteiger partial charge is 0.366 e. The van der Waals surface area contributed by atoms with E-state index in [0.717, 1.165) is 25.9 Å². The van der Waals surface area contributed by atoms with Crippen LogP contribution in [0.15, 0.2) is 36.4 Å². The van der Waals surface area contributed by atoms with E-state index < -0.39 is 10.8 Å². The Hall–Kier alpha value is -2.42. The number of nitrogens with zero attached hydrogens (tertiary/aromatic N) is 2. The van der Waals surface area contributed by atoms with Gasteiger partial charge in [0.15, 0.2) is 5.11 Å². The molecule has 28 heavy (non-hydrogen) atoms. The maximum atomic E-state index is 12.5. The van der Waals surface area contributed by atoms with Crippen LogP contribution in [0.1, 0.15) is 23.2 Å². The number of anilines is 2. The van der Waals surface area contributed by atoms with Gasteiger partial charge < -0.3 is 10.2 Å². The number of benzene rings is 2. The van der Waals surface area contributed by atoms with Crippen LogP contribution in [0.3, 0.4) is 0 Å². The van der Waals surface area contributed by atoms with Crippen molar-refractivity contribution in [2.45, 2.75) is 12.8 Å². The minimum absolute atomic E-state index is 0.000407. The molecule has 0 spiro atoms. The Morgan fingerprint density at radius 2 is 1.86 bits per heavy atom. The number of carbonyl (C=O) groups is 1. The fourth-order valence-corrected chi connectivity index (χ4v) is 3.50. The van der Waals surface area contributed by atoms with Gasteiger partial charge in [0.2, 0.25) is 0 Å². The molecule has 2 aromatic rings. The molecule has 7 nitrogen and oxygen atoms in total. The number of halogens is 2. The predicted octanol–water partition coefficient (Wildman–Crippen LogP) is 4.63. The molecule has 0 aliphatic carbocycles. The van der Waals surface area contributed by atoms with E-state index in [9.17, 15) is 14.9 Å². The van der Waals surface area contributed by atoms with Crippen LogP contribution < -0.4 is 15.5 Å². The van der Waals surface area contributed by atoms with Crippen LogP contribution in [0.5, 0.6) is 0 Å². The summed E-state index contributed by atoms with van der Waals surface area (Å²) < 4.78 is 0. The second kappa shape index (κ2) is 8.72. The summed E-state index contributed by atoms with van der Waals surface area (Å²) >= 11 is 17.1. The molecule has 0 bridgehead atoms. The third-order valence-electron chi connectivity index (χ3n) is 4.28. The van der Waals surface area contributed by atoms with Gasteiger partial charge in [-0.05, 0) is 55.4 Å². The van der Waals surface area contributed by atoms with Crippen molar-refractivity contribution in [2.24, 2.45) is 0 Å². The Bertz CT molecular complexity index is 948. The molecule has 0 saturated carbocycles. The molecule has 10 heteroatoms. The van der Waals surface area contributed by atoms with Gasteiger partial charge >= 0.3 is 0 Å². The monoisotopic (exact) mass is 438 g/mol. The summed E-state index contributed by atoms with van der Waals surface area (Å²) in [6, 6.07) is 9.19. The van der Waals surface area contributed by atoms with Crippen LogP contribution in [-0.2, 0) is 0 Å². The van der Waals surface area contributed by atoms with E-state index in [1.807, 2.05) is 4.90 Å². The highest BCUT2D eigenvalue weighted by Gasteiger charge is 2.24. The number of hydrogen-bond donors (Lipinski definition) is 2. The van der Waals surface area contributed by atoms with Crippen molar-refractivity contribution in [3.05, 3.63) is 62.1 Å². The van der Waals surface area contributed by atoms with Gasteiger partial charge in [-0.15, -0.1) is 0 Å². The summed E-state index contributed by atoms with van der Waals surface area (Å²) in [6.07, 6.45) is 1.98. The lowest BCUT2D eigenvalue weighted by molar-refractivity contribution is -0.384. The molecular weight excluding hydrogens is 423 g/mol. The molecule has 0 aromatic heterocycles. The van der Waals surface area contributed by atoms with E-state index >= 15 is 0 Å². The topological polar surface area (TPSA) is 87.5 Å². The van der Waals surface area contributed by atoms with Gasteiger partial charge in [-0.1, -0.05) is 23.2 Å². The molecule has 1 amide bonds. The van der Waals surface area contributed by atoms with Crippen molar-refractivity contribution in [1.82, 2.24) is 5.32 Å². The van der Waals surface area contributed by atoms with Gasteiger partial charge in [0, 0.05) is 29.7 Å². The molecule has 0 radical (unpaired) electrons. The fourth-order valence-electron chi connectivity index (χ4n) is 2.96. The zero-order valence-corrected chi connectivity index (χ0v) is 16.9. The minimum atomic E-state index is -0.563. The van der Waals surface area contributed by atoms with Crippen molar-refractivity contribution in [1.29, 1.82) is 0 Å². The first-order chi connectivity index (χ1) is 13.3. The normalized spacial score (nSPS) is 13.3. The second-order valence-electron chi connectivity index (χ2n) is 6.19. The highest BCUT2D eigenvalue weighted by molar-refractivity contribution is 7.80. The molecule has 1 aliphatic heterocycles. The fraction of sp³-hybridized carbons (Fsp3) is 0.222. The smallest absolute Gasteiger partial charge is 0.293 e. The van der Waals surface area contributed by atoms with E-state index in [-0.39, 0.29) is 16.4 Å². The van der Waals surface area contributed by atoms with Gasteiger partial charge in [0.1, 0.15) is 5.69 Å². The first-order valence-corrected chi connectivity index (χ1v) is 9.62. The molecule has 3 rings (SSSR count). The Kier molecular flexibility index (Phi) is 6.33. The highest BCUT2D eigenvalue weighted by atomic mass is 35.5. The van der Waals surface area contributed by atoms with Gasteiger partial charge in [0.25, 0.3) is 11.6 Å². The van der Waals surface area contributed by atoms with E-state index in [0.29, 0.717) is 21.4 Å². The maximum absolute atomic E-state index is 12.5. The van der Waals surface area contributed by atoms with Crippen LogP contribution >= 0.6 is 35.4 Å². The van der Waals surface area contributed by atoms with Crippen molar-refractivity contribution in [2.75, 3.05) is 23.3 Å². The molecule has 1 saturated heterocycles. The van der Waals surface area contributed by atoms with E-state index in [1.54, 1.807) is 30.3 Å². The Morgan fingerprint density at radius 3 is 2.54 bits per heavy atom. The summed E-state index contributed by atoms with van der Waals surface area (Å²) in [4.78, 5) is 25.4. The molecule has 2 N–H and O–H groups in total. The lowest BCUT2D eigenvalue weighted by Gasteiger charge is -2.18. The highest BCUT2D eigenvalue weighted by Crippen LogP contribution is 2.31. The van der Waals surface area contributed by atoms with Gasteiger partial charge in [-0.3, -0.25) is 20.2 Å². The first-order valence-electron chi connectivity index (χ1n) is 8.46. The quantitative estimate of drug-likeness (QED) is 0.411. The van der Waals surface area contributed by atoms with Crippen molar-refractivity contribution in [3.8, 4) is 0 Å². The average Bonchev–Trinajstić information content (AvgIpc) is 3.18. The van der Waals surface area contributed by atoms with E-state index in [2.05, 4.69) is 10.6 Å². The Morgan fingerprint density at radius 1 is 1.14 bits per heavy atom. The zero-order valence-electron chi connectivity index (χ0n) is 14.6. The summed E-state index contributed by atoms with van der Waals surface area (Å²) in [5, 5.41) is 17.6.